The first-order valence-electron chi connectivity index (χ1n) is 9.81. The van der Waals surface area contributed by atoms with Gasteiger partial charge < -0.3 is 14.8 Å². The van der Waals surface area contributed by atoms with E-state index in [4.69, 9.17) is 37.9 Å². The Morgan fingerprint density at radius 1 is 1.25 bits per heavy atom. The van der Waals surface area contributed by atoms with Gasteiger partial charge >= 0.3 is 0 Å². The maximum atomic E-state index is 13.9. The summed E-state index contributed by atoms with van der Waals surface area (Å²) < 4.78 is 52.4. The van der Waals surface area contributed by atoms with E-state index in [1.807, 2.05) is 0 Å². The second-order valence-electron chi connectivity index (χ2n) is 8.01. The van der Waals surface area contributed by atoms with E-state index in [0.29, 0.717) is 24.8 Å². The Morgan fingerprint density at radius 2 is 2.00 bits per heavy atom. The van der Waals surface area contributed by atoms with Crippen molar-refractivity contribution < 1.29 is 22.3 Å². The molecule has 0 aliphatic carbocycles. The van der Waals surface area contributed by atoms with Gasteiger partial charge in [0, 0.05) is 36.1 Å². The first kappa shape index (κ1) is 23.2. The molecule has 2 saturated heterocycles. The zero-order chi connectivity index (χ0) is 22.9. The molecule has 32 heavy (non-hydrogen) atoms. The maximum Gasteiger partial charge on any atom is 0.244 e. The number of hydrogen-bond acceptors (Lipinski definition) is 6. The predicted octanol–water partition coefficient (Wildman–Crippen LogP) is 3.06. The summed E-state index contributed by atoms with van der Waals surface area (Å²) in [6.45, 7) is 2.26. The van der Waals surface area contributed by atoms with Crippen molar-refractivity contribution in [1.82, 2.24) is 9.62 Å². The molecule has 2 aliphatic heterocycles. The summed E-state index contributed by atoms with van der Waals surface area (Å²) in [7, 11) is -3.81. The van der Waals surface area contributed by atoms with Crippen molar-refractivity contribution in [3.8, 4) is 11.8 Å². The average Bonchev–Trinajstić information content (AvgIpc) is 2.67. The first-order valence-corrected chi connectivity index (χ1v) is 12.0. The average molecular weight is 500 g/mol. The minimum atomic E-state index is -3.81. The normalized spacial score (nSPS) is 18.4. The van der Waals surface area contributed by atoms with Crippen molar-refractivity contribution in [1.29, 1.82) is 5.26 Å². The second kappa shape index (κ2) is 9.14. The number of ether oxygens (including phenoxy) is 2. The van der Waals surface area contributed by atoms with Gasteiger partial charge in [0.1, 0.15) is 22.5 Å². The van der Waals surface area contributed by atoms with Gasteiger partial charge in [-0.2, -0.15) is 9.57 Å². The fourth-order valence-corrected chi connectivity index (χ4v) is 5.99. The van der Waals surface area contributed by atoms with Crippen LogP contribution in [-0.2, 0) is 14.8 Å². The van der Waals surface area contributed by atoms with Gasteiger partial charge in [-0.05, 0) is 30.3 Å². The third kappa shape index (κ3) is 4.71. The lowest BCUT2D eigenvalue weighted by molar-refractivity contribution is -0.0285. The summed E-state index contributed by atoms with van der Waals surface area (Å²) >= 11 is 12.0. The van der Waals surface area contributed by atoms with Gasteiger partial charge in [0.15, 0.2) is 0 Å². The highest BCUT2D eigenvalue weighted by molar-refractivity contribution is 7.89. The molecule has 4 rings (SSSR count). The fourth-order valence-electron chi connectivity index (χ4n) is 3.58. The Kier molecular flexibility index (Phi) is 6.63. The number of rotatable bonds is 8. The molecule has 2 aromatic rings. The van der Waals surface area contributed by atoms with Crippen LogP contribution < -0.4 is 10.1 Å². The predicted molar refractivity (Wildman–Crippen MR) is 117 cm³/mol. The van der Waals surface area contributed by atoms with Crippen molar-refractivity contribution in [3.05, 3.63) is 57.8 Å². The van der Waals surface area contributed by atoms with Gasteiger partial charge in [0.25, 0.3) is 0 Å². The van der Waals surface area contributed by atoms with Crippen LogP contribution in [0.3, 0.4) is 0 Å². The van der Waals surface area contributed by atoms with Crippen LogP contribution in [0.5, 0.6) is 5.75 Å². The number of nitrogens with zero attached hydrogens (tertiary/aromatic N) is 2. The zero-order valence-electron chi connectivity index (χ0n) is 16.9. The highest BCUT2D eigenvalue weighted by atomic mass is 35.5. The molecular weight excluding hydrogens is 480 g/mol. The van der Waals surface area contributed by atoms with Crippen LogP contribution in [-0.4, -0.2) is 58.2 Å². The number of benzene rings is 2. The van der Waals surface area contributed by atoms with Gasteiger partial charge in [0.05, 0.1) is 36.4 Å². The van der Waals surface area contributed by atoms with E-state index in [1.54, 1.807) is 6.07 Å². The van der Waals surface area contributed by atoms with E-state index in [-0.39, 0.29) is 47.0 Å². The van der Waals surface area contributed by atoms with E-state index in [9.17, 15) is 12.8 Å². The maximum absolute atomic E-state index is 13.9. The molecule has 2 aliphatic rings. The number of nitriles is 1. The third-order valence-corrected chi connectivity index (χ3v) is 8.05. The molecule has 170 valence electrons. The van der Waals surface area contributed by atoms with E-state index in [2.05, 4.69) is 5.32 Å². The molecule has 0 atom stereocenters. The van der Waals surface area contributed by atoms with Gasteiger partial charge in [-0.1, -0.05) is 23.2 Å². The van der Waals surface area contributed by atoms with E-state index >= 15 is 0 Å². The molecule has 0 radical (unpaired) electrons. The van der Waals surface area contributed by atoms with Crippen molar-refractivity contribution >= 4 is 33.2 Å². The Morgan fingerprint density at radius 3 is 2.59 bits per heavy atom. The molecule has 0 spiro atoms. The standard InChI is InChI=1S/C21H20Cl2FN3O4S/c22-15-2-4-20(18(23)5-15)32(28,29)27-11-21(12-27,10-26-16-8-30-9-16)13-31-17-3-1-14(7-25)19(24)6-17/h1-6,16,26H,8-13H2. The number of nitrogens with one attached hydrogen (secondary N) is 1. The van der Waals surface area contributed by atoms with Crippen LogP contribution in [0.15, 0.2) is 41.3 Å². The lowest BCUT2D eigenvalue weighted by atomic mass is 9.82. The minimum Gasteiger partial charge on any atom is -0.493 e. The zero-order valence-corrected chi connectivity index (χ0v) is 19.2. The van der Waals surface area contributed by atoms with Crippen LogP contribution >= 0.6 is 23.2 Å². The Balaban J connectivity index is 1.48. The van der Waals surface area contributed by atoms with Gasteiger partial charge in [-0.3, -0.25) is 0 Å². The largest absolute Gasteiger partial charge is 0.493 e. The van der Waals surface area contributed by atoms with Crippen molar-refractivity contribution in [2.75, 3.05) is 39.5 Å². The summed E-state index contributed by atoms with van der Waals surface area (Å²) in [5.41, 5.74) is -0.592. The SMILES string of the molecule is N#Cc1ccc(OCC2(CNC3COC3)CN(S(=O)(=O)c3ccc(Cl)cc3Cl)C2)cc1F. The van der Waals surface area contributed by atoms with Gasteiger partial charge in [-0.15, -0.1) is 0 Å². The second-order valence-corrected chi connectivity index (χ2v) is 10.8. The number of sulfonamides is 1. The van der Waals surface area contributed by atoms with Crippen molar-refractivity contribution in [2.45, 2.75) is 10.9 Å². The van der Waals surface area contributed by atoms with Crippen LogP contribution in [0.2, 0.25) is 10.0 Å². The summed E-state index contributed by atoms with van der Waals surface area (Å²) in [5.74, 6) is -0.395. The summed E-state index contributed by atoms with van der Waals surface area (Å²) in [5, 5.41) is 12.7. The molecule has 2 heterocycles. The molecule has 2 aromatic carbocycles. The topological polar surface area (TPSA) is 91.7 Å². The smallest absolute Gasteiger partial charge is 0.244 e. The quantitative estimate of drug-likeness (QED) is 0.599. The minimum absolute atomic E-state index is 0.00685. The van der Waals surface area contributed by atoms with Crippen LogP contribution in [0.1, 0.15) is 5.56 Å². The van der Waals surface area contributed by atoms with Crippen LogP contribution in [0, 0.1) is 22.6 Å². The summed E-state index contributed by atoms with van der Waals surface area (Å²) in [6.07, 6.45) is 0. The molecule has 2 fully saturated rings. The van der Waals surface area contributed by atoms with E-state index in [1.165, 1.54) is 34.6 Å². The van der Waals surface area contributed by atoms with Crippen molar-refractivity contribution in [2.24, 2.45) is 5.41 Å². The summed E-state index contributed by atoms with van der Waals surface area (Å²) in [4.78, 5) is -0.00685. The molecule has 0 saturated carbocycles. The van der Waals surface area contributed by atoms with Gasteiger partial charge in [-0.25, -0.2) is 12.8 Å². The van der Waals surface area contributed by atoms with Gasteiger partial charge in [0.2, 0.25) is 10.0 Å². The Labute approximate surface area is 195 Å². The molecule has 0 aromatic heterocycles. The monoisotopic (exact) mass is 499 g/mol. The molecule has 0 unspecified atom stereocenters. The van der Waals surface area contributed by atoms with E-state index < -0.39 is 21.3 Å². The van der Waals surface area contributed by atoms with Crippen LogP contribution in [0.4, 0.5) is 4.39 Å². The Hall–Kier alpha value is -1.93. The highest BCUT2D eigenvalue weighted by Gasteiger charge is 2.49. The van der Waals surface area contributed by atoms with Crippen molar-refractivity contribution in [3.63, 3.8) is 0 Å². The molecule has 11 heteroatoms. The number of hydrogen-bond donors (Lipinski definition) is 1. The molecular formula is C21H20Cl2FN3O4S. The lowest BCUT2D eigenvalue weighted by Gasteiger charge is -2.49. The van der Waals surface area contributed by atoms with E-state index in [0.717, 1.165) is 6.07 Å². The molecule has 0 amide bonds. The lowest BCUT2D eigenvalue weighted by Crippen LogP contribution is -2.66. The number of halogens is 3. The third-order valence-electron chi connectivity index (χ3n) is 5.55. The molecule has 0 bridgehead atoms. The fraction of sp³-hybridized carbons (Fsp3) is 0.381. The molecule has 1 N–H and O–H groups in total. The molecule has 7 nitrogen and oxygen atoms in total. The van der Waals surface area contributed by atoms with Crippen LogP contribution in [0.25, 0.3) is 0 Å². The first-order chi connectivity index (χ1) is 15.2. The summed E-state index contributed by atoms with van der Waals surface area (Å²) in [6, 6.07) is 10.2. The Bertz CT molecular complexity index is 1160. The highest BCUT2D eigenvalue weighted by Crippen LogP contribution is 2.38.